The molecule has 7 heteroatoms. The molecule has 2 amide bonds. The third kappa shape index (κ3) is 2.96. The van der Waals surface area contributed by atoms with E-state index in [2.05, 4.69) is 25.7 Å². The summed E-state index contributed by atoms with van der Waals surface area (Å²) in [5.41, 5.74) is 11.1. The second-order valence-electron chi connectivity index (χ2n) is 5.05. The van der Waals surface area contributed by atoms with Gasteiger partial charge in [-0.1, -0.05) is 12.1 Å². The van der Waals surface area contributed by atoms with E-state index in [0.717, 1.165) is 36.8 Å². The van der Waals surface area contributed by atoms with E-state index in [-0.39, 0.29) is 0 Å². The first-order valence-electron chi connectivity index (χ1n) is 7.07. The normalized spacial score (nSPS) is 15.0. The number of hydrogen-bond acceptors (Lipinski definition) is 5. The van der Waals surface area contributed by atoms with E-state index in [1.165, 1.54) is 6.42 Å². The van der Waals surface area contributed by atoms with Gasteiger partial charge < -0.3 is 10.6 Å². The Bertz CT molecular complexity index is 653. The molecule has 3 rings (SSSR count). The Labute approximate surface area is 122 Å². The molecular formula is C14H18N6O. The Morgan fingerprint density at radius 3 is 2.67 bits per heavy atom. The molecule has 1 saturated heterocycles. The Hall–Kier alpha value is -2.57. The van der Waals surface area contributed by atoms with Crippen molar-refractivity contribution in [1.29, 1.82) is 0 Å². The number of aromatic nitrogens is 2. The maximum absolute atomic E-state index is 10.9. The van der Waals surface area contributed by atoms with Gasteiger partial charge in [0, 0.05) is 18.5 Å². The summed E-state index contributed by atoms with van der Waals surface area (Å²) in [5.74, 6) is 1.24. The maximum atomic E-state index is 10.9. The molecule has 2 heterocycles. The summed E-state index contributed by atoms with van der Waals surface area (Å²) >= 11 is 0. The van der Waals surface area contributed by atoms with Gasteiger partial charge in [0.1, 0.15) is 0 Å². The van der Waals surface area contributed by atoms with Crippen LogP contribution in [0.25, 0.3) is 10.9 Å². The van der Waals surface area contributed by atoms with Gasteiger partial charge in [-0.2, -0.15) is 4.98 Å². The summed E-state index contributed by atoms with van der Waals surface area (Å²) in [7, 11) is 0. The van der Waals surface area contributed by atoms with Crippen molar-refractivity contribution >= 4 is 28.7 Å². The molecule has 2 aromatic rings. The number of amides is 2. The fourth-order valence-electron chi connectivity index (χ4n) is 2.52. The number of carbonyl (C=O) groups excluding carboxylic acids is 1. The van der Waals surface area contributed by atoms with Crippen molar-refractivity contribution in [2.75, 3.05) is 23.4 Å². The Morgan fingerprint density at radius 1 is 1.14 bits per heavy atom. The lowest BCUT2D eigenvalue weighted by Crippen LogP contribution is -2.35. The molecule has 1 aromatic carbocycles. The van der Waals surface area contributed by atoms with Gasteiger partial charge in [0.25, 0.3) is 0 Å². The summed E-state index contributed by atoms with van der Waals surface area (Å²) in [6, 6.07) is 7.01. The van der Waals surface area contributed by atoms with Crippen molar-refractivity contribution in [3.05, 3.63) is 24.3 Å². The molecule has 1 aliphatic rings. The van der Waals surface area contributed by atoms with Crippen LogP contribution in [0, 0.1) is 0 Å². The molecule has 7 nitrogen and oxygen atoms in total. The SMILES string of the molecule is NC(=O)NNc1nc(N2CCCCC2)nc2ccccc12. The van der Waals surface area contributed by atoms with E-state index in [1.54, 1.807) is 0 Å². The van der Waals surface area contributed by atoms with Crippen LogP contribution in [0.3, 0.4) is 0 Å². The summed E-state index contributed by atoms with van der Waals surface area (Å²) in [6.45, 7) is 1.92. The Balaban J connectivity index is 1.99. The highest BCUT2D eigenvalue weighted by atomic mass is 16.2. The second kappa shape index (κ2) is 5.82. The zero-order chi connectivity index (χ0) is 14.7. The molecule has 0 aliphatic carbocycles. The van der Waals surface area contributed by atoms with Gasteiger partial charge in [-0.05, 0) is 31.4 Å². The van der Waals surface area contributed by atoms with Gasteiger partial charge in [-0.3, -0.25) is 10.9 Å². The molecule has 0 bridgehead atoms. The third-order valence-electron chi connectivity index (χ3n) is 3.53. The number of hydrogen-bond donors (Lipinski definition) is 3. The molecule has 1 aliphatic heterocycles. The first-order chi connectivity index (χ1) is 10.2. The number of nitrogens with two attached hydrogens (primary N) is 1. The van der Waals surface area contributed by atoms with Crippen LogP contribution >= 0.6 is 0 Å². The number of piperidine rings is 1. The zero-order valence-electron chi connectivity index (χ0n) is 11.7. The van der Waals surface area contributed by atoms with Crippen LogP contribution in [0.2, 0.25) is 0 Å². The van der Waals surface area contributed by atoms with Crippen LogP contribution < -0.4 is 21.5 Å². The zero-order valence-corrected chi connectivity index (χ0v) is 11.7. The van der Waals surface area contributed by atoms with Gasteiger partial charge in [0.15, 0.2) is 5.82 Å². The average molecular weight is 286 g/mol. The second-order valence-corrected chi connectivity index (χ2v) is 5.05. The van der Waals surface area contributed by atoms with Crippen molar-refractivity contribution in [3.63, 3.8) is 0 Å². The van der Waals surface area contributed by atoms with E-state index >= 15 is 0 Å². The number of nitrogens with zero attached hydrogens (tertiary/aromatic N) is 3. The van der Waals surface area contributed by atoms with Crippen molar-refractivity contribution < 1.29 is 4.79 Å². The number of nitrogens with one attached hydrogen (secondary N) is 2. The van der Waals surface area contributed by atoms with E-state index in [9.17, 15) is 4.79 Å². The largest absolute Gasteiger partial charge is 0.350 e. The molecule has 1 fully saturated rings. The van der Waals surface area contributed by atoms with Gasteiger partial charge >= 0.3 is 6.03 Å². The monoisotopic (exact) mass is 286 g/mol. The number of benzene rings is 1. The number of anilines is 2. The number of hydrazine groups is 1. The summed E-state index contributed by atoms with van der Waals surface area (Å²) in [4.78, 5) is 22.2. The Kier molecular flexibility index (Phi) is 3.72. The number of para-hydroxylation sites is 1. The number of rotatable bonds is 3. The molecular weight excluding hydrogens is 268 g/mol. The lowest BCUT2D eigenvalue weighted by molar-refractivity contribution is 0.250. The number of urea groups is 1. The third-order valence-corrected chi connectivity index (χ3v) is 3.53. The predicted molar refractivity (Wildman–Crippen MR) is 81.9 cm³/mol. The molecule has 0 saturated carbocycles. The minimum absolute atomic E-state index is 0.556. The van der Waals surface area contributed by atoms with Crippen LogP contribution in [0.5, 0.6) is 0 Å². The minimum Gasteiger partial charge on any atom is -0.350 e. The van der Waals surface area contributed by atoms with Crippen molar-refractivity contribution in [3.8, 4) is 0 Å². The molecule has 4 N–H and O–H groups in total. The highest BCUT2D eigenvalue weighted by molar-refractivity contribution is 5.90. The van der Waals surface area contributed by atoms with Crippen molar-refractivity contribution in [2.45, 2.75) is 19.3 Å². The van der Waals surface area contributed by atoms with Crippen LogP contribution in [0.1, 0.15) is 19.3 Å². The number of primary amides is 1. The van der Waals surface area contributed by atoms with Crippen LogP contribution in [-0.2, 0) is 0 Å². The Morgan fingerprint density at radius 2 is 1.90 bits per heavy atom. The van der Waals surface area contributed by atoms with Gasteiger partial charge in [0.2, 0.25) is 5.95 Å². The van der Waals surface area contributed by atoms with Crippen LogP contribution in [-0.4, -0.2) is 29.1 Å². The van der Waals surface area contributed by atoms with Gasteiger partial charge in [-0.25, -0.2) is 9.78 Å². The summed E-state index contributed by atoms with van der Waals surface area (Å²) < 4.78 is 0. The average Bonchev–Trinajstić information content (AvgIpc) is 2.53. The maximum Gasteiger partial charge on any atom is 0.330 e. The van der Waals surface area contributed by atoms with E-state index < -0.39 is 6.03 Å². The molecule has 0 atom stereocenters. The smallest absolute Gasteiger partial charge is 0.330 e. The first kappa shape index (κ1) is 13.4. The van der Waals surface area contributed by atoms with E-state index in [0.29, 0.717) is 11.8 Å². The van der Waals surface area contributed by atoms with Crippen LogP contribution in [0.15, 0.2) is 24.3 Å². The predicted octanol–water partition coefficient (Wildman–Crippen LogP) is 1.62. The van der Waals surface area contributed by atoms with E-state index in [1.807, 2.05) is 24.3 Å². The summed E-state index contributed by atoms with van der Waals surface area (Å²) in [6.07, 6.45) is 3.55. The minimum atomic E-state index is -0.655. The lowest BCUT2D eigenvalue weighted by atomic mass is 10.1. The number of carbonyl (C=O) groups is 1. The van der Waals surface area contributed by atoms with Gasteiger partial charge in [0.05, 0.1) is 5.52 Å². The fourth-order valence-corrected chi connectivity index (χ4v) is 2.52. The van der Waals surface area contributed by atoms with Crippen LogP contribution in [0.4, 0.5) is 16.6 Å². The molecule has 110 valence electrons. The topological polar surface area (TPSA) is 96.2 Å². The highest BCUT2D eigenvalue weighted by Gasteiger charge is 2.16. The highest BCUT2D eigenvalue weighted by Crippen LogP contribution is 2.24. The van der Waals surface area contributed by atoms with Crippen molar-refractivity contribution in [2.24, 2.45) is 5.73 Å². The quantitative estimate of drug-likeness (QED) is 0.745. The lowest BCUT2D eigenvalue weighted by Gasteiger charge is -2.27. The number of fused-ring (bicyclic) bond motifs is 1. The van der Waals surface area contributed by atoms with Crippen molar-refractivity contribution in [1.82, 2.24) is 15.4 Å². The van der Waals surface area contributed by atoms with Gasteiger partial charge in [-0.15, -0.1) is 0 Å². The molecule has 0 unspecified atom stereocenters. The standard InChI is InChI=1S/C14H18N6O/c15-13(21)19-18-12-10-6-2-3-7-11(10)16-14(17-12)20-8-4-1-5-9-20/h2-3,6-7H,1,4-5,8-9H2,(H3,15,19,21)(H,16,17,18). The first-order valence-corrected chi connectivity index (χ1v) is 7.07. The fraction of sp³-hybridized carbons (Fsp3) is 0.357. The molecule has 0 radical (unpaired) electrons. The summed E-state index contributed by atoms with van der Waals surface area (Å²) in [5, 5.41) is 0.840. The molecule has 1 aromatic heterocycles. The molecule has 0 spiro atoms. The van der Waals surface area contributed by atoms with E-state index in [4.69, 9.17) is 5.73 Å². The molecule has 21 heavy (non-hydrogen) atoms.